The molecule has 0 heterocycles. The fourth-order valence-electron chi connectivity index (χ4n) is 2.15. The molecule has 106 valence electrons. The van der Waals surface area contributed by atoms with Crippen LogP contribution in [0.4, 0.5) is 4.39 Å². The van der Waals surface area contributed by atoms with Gasteiger partial charge in [0.05, 0.1) is 10.5 Å². The van der Waals surface area contributed by atoms with Crippen LogP contribution in [0.5, 0.6) is 0 Å². The zero-order valence-electron chi connectivity index (χ0n) is 10.9. The predicted molar refractivity (Wildman–Crippen MR) is 72.9 cm³/mol. The molecular formula is C14H15FN2O2S. The minimum Gasteiger partial charge on any atom is -0.211 e. The number of hydrogen-bond acceptors (Lipinski definition) is 3. The first-order valence-electron chi connectivity index (χ1n) is 6.40. The van der Waals surface area contributed by atoms with E-state index in [1.165, 1.54) is 5.57 Å². The molecule has 4 nitrogen and oxygen atoms in total. The molecule has 0 radical (unpaired) electrons. The normalized spacial score (nSPS) is 14.9. The Morgan fingerprint density at radius 2 is 2.20 bits per heavy atom. The summed E-state index contributed by atoms with van der Waals surface area (Å²) in [6, 6.07) is 4.83. The molecule has 0 spiro atoms. The monoisotopic (exact) mass is 294 g/mol. The number of nitriles is 1. The Balaban J connectivity index is 2.04. The van der Waals surface area contributed by atoms with E-state index in [9.17, 15) is 12.8 Å². The van der Waals surface area contributed by atoms with Gasteiger partial charge in [0.25, 0.3) is 0 Å². The molecule has 0 amide bonds. The number of sulfonamides is 1. The first-order chi connectivity index (χ1) is 9.53. The average molecular weight is 294 g/mol. The van der Waals surface area contributed by atoms with E-state index < -0.39 is 15.8 Å². The van der Waals surface area contributed by atoms with Gasteiger partial charge in [-0.2, -0.15) is 5.26 Å². The summed E-state index contributed by atoms with van der Waals surface area (Å²) in [5, 5.41) is 8.72. The molecule has 0 aromatic heterocycles. The molecule has 0 saturated heterocycles. The van der Waals surface area contributed by atoms with Crippen LogP contribution >= 0.6 is 0 Å². The second-order valence-electron chi connectivity index (χ2n) is 4.66. The summed E-state index contributed by atoms with van der Waals surface area (Å²) < 4.78 is 39.7. The molecule has 0 bridgehead atoms. The molecule has 1 aromatic rings. The van der Waals surface area contributed by atoms with Crippen LogP contribution in [0.15, 0.2) is 34.7 Å². The third kappa shape index (κ3) is 3.44. The number of nitrogens with one attached hydrogen (secondary N) is 1. The molecule has 6 heteroatoms. The Labute approximate surface area is 118 Å². The fourth-order valence-corrected chi connectivity index (χ4v) is 3.21. The van der Waals surface area contributed by atoms with Crippen LogP contribution < -0.4 is 4.72 Å². The van der Waals surface area contributed by atoms with Crippen LogP contribution in [0.1, 0.15) is 31.2 Å². The standard InChI is InChI=1S/C14H15FN2O2S/c15-14-6-5-13(9-12(14)10-16)20(18,19)17-8-7-11-3-1-2-4-11/h3,5-6,9,17H,1-2,4,7-8H2. The van der Waals surface area contributed by atoms with Crippen molar-refractivity contribution in [2.75, 3.05) is 6.54 Å². The molecule has 0 atom stereocenters. The lowest BCUT2D eigenvalue weighted by Gasteiger charge is -2.07. The summed E-state index contributed by atoms with van der Waals surface area (Å²) in [6.45, 7) is 0.313. The van der Waals surface area contributed by atoms with Gasteiger partial charge in [0.1, 0.15) is 11.9 Å². The third-order valence-corrected chi connectivity index (χ3v) is 4.70. The van der Waals surface area contributed by atoms with Crippen LogP contribution in [0.2, 0.25) is 0 Å². The number of allylic oxidation sites excluding steroid dienone is 1. The Morgan fingerprint density at radius 1 is 1.40 bits per heavy atom. The van der Waals surface area contributed by atoms with Crippen molar-refractivity contribution in [1.29, 1.82) is 5.26 Å². The van der Waals surface area contributed by atoms with Crippen LogP contribution in [-0.2, 0) is 10.0 Å². The molecule has 20 heavy (non-hydrogen) atoms. The van der Waals surface area contributed by atoms with Gasteiger partial charge >= 0.3 is 0 Å². The van der Waals surface area contributed by atoms with Crippen molar-refractivity contribution in [3.8, 4) is 6.07 Å². The van der Waals surface area contributed by atoms with Gasteiger partial charge in [0.2, 0.25) is 10.0 Å². The molecule has 0 aliphatic heterocycles. The van der Waals surface area contributed by atoms with E-state index in [2.05, 4.69) is 10.8 Å². The SMILES string of the molecule is N#Cc1cc(S(=O)(=O)NCCC2=CCCC2)ccc1F. The Morgan fingerprint density at radius 3 is 2.85 bits per heavy atom. The fraction of sp³-hybridized carbons (Fsp3) is 0.357. The molecule has 1 N–H and O–H groups in total. The van der Waals surface area contributed by atoms with Gasteiger partial charge in [-0.15, -0.1) is 0 Å². The highest BCUT2D eigenvalue weighted by Gasteiger charge is 2.16. The van der Waals surface area contributed by atoms with Gasteiger partial charge in [-0.25, -0.2) is 17.5 Å². The zero-order valence-corrected chi connectivity index (χ0v) is 11.7. The third-order valence-electron chi connectivity index (χ3n) is 3.24. The number of benzene rings is 1. The van der Waals surface area contributed by atoms with Crippen molar-refractivity contribution in [3.05, 3.63) is 41.2 Å². The van der Waals surface area contributed by atoms with E-state index in [-0.39, 0.29) is 10.5 Å². The molecule has 0 unspecified atom stereocenters. The summed E-state index contributed by atoms with van der Waals surface area (Å²) in [6.07, 6.45) is 6.04. The first kappa shape index (κ1) is 14.7. The molecule has 1 aliphatic rings. The Kier molecular flexibility index (Phi) is 4.53. The lowest BCUT2D eigenvalue weighted by molar-refractivity contribution is 0.580. The summed E-state index contributed by atoms with van der Waals surface area (Å²) in [5.74, 6) is -0.720. The summed E-state index contributed by atoms with van der Waals surface area (Å²) in [7, 11) is -3.70. The summed E-state index contributed by atoms with van der Waals surface area (Å²) >= 11 is 0. The van der Waals surface area contributed by atoms with Gasteiger partial charge in [0, 0.05) is 6.54 Å². The highest BCUT2D eigenvalue weighted by Crippen LogP contribution is 2.20. The van der Waals surface area contributed by atoms with Gasteiger partial charge < -0.3 is 0 Å². The maximum Gasteiger partial charge on any atom is 0.240 e. The van der Waals surface area contributed by atoms with Crippen molar-refractivity contribution in [1.82, 2.24) is 4.72 Å². The molecule has 1 aliphatic carbocycles. The molecular weight excluding hydrogens is 279 g/mol. The molecule has 0 fully saturated rings. The average Bonchev–Trinajstić information content (AvgIpc) is 2.92. The second-order valence-corrected chi connectivity index (χ2v) is 6.42. The maximum atomic E-state index is 13.2. The zero-order chi connectivity index (χ0) is 14.6. The Bertz CT molecular complexity index is 675. The van der Waals surface area contributed by atoms with Crippen LogP contribution in [0, 0.1) is 17.1 Å². The number of rotatable bonds is 5. The number of hydrogen-bond donors (Lipinski definition) is 1. The molecule has 0 saturated carbocycles. The maximum absolute atomic E-state index is 13.2. The molecule has 2 rings (SSSR count). The van der Waals surface area contributed by atoms with Gasteiger partial charge in [0.15, 0.2) is 0 Å². The van der Waals surface area contributed by atoms with Crippen molar-refractivity contribution in [2.45, 2.75) is 30.6 Å². The van der Waals surface area contributed by atoms with Gasteiger partial charge in [-0.3, -0.25) is 0 Å². The quantitative estimate of drug-likeness (QED) is 0.848. The van der Waals surface area contributed by atoms with E-state index in [4.69, 9.17) is 5.26 Å². The van der Waals surface area contributed by atoms with Crippen molar-refractivity contribution >= 4 is 10.0 Å². The van der Waals surface area contributed by atoms with Gasteiger partial charge in [-0.1, -0.05) is 11.6 Å². The summed E-state index contributed by atoms with van der Waals surface area (Å²) in [5.41, 5.74) is 0.996. The lowest BCUT2D eigenvalue weighted by atomic mass is 10.2. The van der Waals surface area contributed by atoms with Gasteiger partial charge in [-0.05, 0) is 43.9 Å². The minimum absolute atomic E-state index is 0.0872. The smallest absolute Gasteiger partial charge is 0.211 e. The van der Waals surface area contributed by atoms with E-state index >= 15 is 0 Å². The van der Waals surface area contributed by atoms with Crippen LogP contribution in [-0.4, -0.2) is 15.0 Å². The topological polar surface area (TPSA) is 70.0 Å². The predicted octanol–water partition coefficient (Wildman–Crippen LogP) is 2.48. The highest BCUT2D eigenvalue weighted by atomic mass is 32.2. The minimum atomic E-state index is -3.70. The lowest BCUT2D eigenvalue weighted by Crippen LogP contribution is -2.25. The van der Waals surface area contributed by atoms with Crippen molar-refractivity contribution < 1.29 is 12.8 Å². The van der Waals surface area contributed by atoms with E-state index in [0.29, 0.717) is 13.0 Å². The number of nitrogens with zero attached hydrogens (tertiary/aromatic N) is 1. The van der Waals surface area contributed by atoms with E-state index in [1.807, 2.05) is 0 Å². The molecule has 1 aromatic carbocycles. The van der Waals surface area contributed by atoms with E-state index in [0.717, 1.165) is 37.5 Å². The second kappa shape index (κ2) is 6.16. The van der Waals surface area contributed by atoms with Crippen molar-refractivity contribution in [3.63, 3.8) is 0 Å². The van der Waals surface area contributed by atoms with Crippen molar-refractivity contribution in [2.24, 2.45) is 0 Å². The van der Waals surface area contributed by atoms with E-state index in [1.54, 1.807) is 6.07 Å². The summed E-state index contributed by atoms with van der Waals surface area (Å²) in [4.78, 5) is -0.0872. The van der Waals surface area contributed by atoms with Crippen LogP contribution in [0.3, 0.4) is 0 Å². The number of halogens is 1. The highest BCUT2D eigenvalue weighted by molar-refractivity contribution is 7.89. The Hall–Kier alpha value is -1.71. The van der Waals surface area contributed by atoms with Crippen LogP contribution in [0.25, 0.3) is 0 Å². The first-order valence-corrected chi connectivity index (χ1v) is 7.88. The largest absolute Gasteiger partial charge is 0.240 e.